The first-order chi connectivity index (χ1) is 13.9. The molecule has 1 aromatic rings. The van der Waals surface area contributed by atoms with E-state index in [4.69, 9.17) is 4.99 Å². The van der Waals surface area contributed by atoms with Gasteiger partial charge in [-0.1, -0.05) is 31.9 Å². The van der Waals surface area contributed by atoms with Gasteiger partial charge in [-0.25, -0.2) is 0 Å². The molecule has 1 aliphatic rings. The number of nitrogens with one attached hydrogen (secondary N) is 3. The molecule has 6 nitrogen and oxygen atoms in total. The van der Waals surface area contributed by atoms with Crippen molar-refractivity contribution in [3.8, 4) is 0 Å². The molecule has 2 unspecified atom stereocenters. The Morgan fingerprint density at radius 2 is 2.10 bits per heavy atom. The summed E-state index contributed by atoms with van der Waals surface area (Å²) in [5.41, 5.74) is 1.99. The second-order valence-electron chi connectivity index (χ2n) is 8.47. The van der Waals surface area contributed by atoms with E-state index in [0.29, 0.717) is 5.56 Å². The SMILES string of the molecule is CCNC(=NCC1(N(C)C)CCCC(C)C1)NCCc1cccc(C(=O)NC)c1. The lowest BCUT2D eigenvalue weighted by Crippen LogP contribution is -2.51. The zero-order valence-electron chi connectivity index (χ0n) is 18.8. The molecule has 6 heteroatoms. The maximum atomic E-state index is 11.8. The molecule has 0 bridgehead atoms. The highest BCUT2D eigenvalue weighted by Gasteiger charge is 2.36. The number of rotatable bonds is 8. The molecular formula is C23H39N5O. The minimum atomic E-state index is -0.0506. The normalized spacial score (nSPS) is 22.4. The molecule has 0 aliphatic heterocycles. The zero-order valence-corrected chi connectivity index (χ0v) is 18.8. The van der Waals surface area contributed by atoms with Crippen molar-refractivity contribution in [1.29, 1.82) is 0 Å². The van der Waals surface area contributed by atoms with E-state index in [0.717, 1.165) is 43.5 Å². The number of carbonyl (C=O) groups is 1. The summed E-state index contributed by atoms with van der Waals surface area (Å²) in [7, 11) is 6.03. The number of hydrogen-bond donors (Lipinski definition) is 3. The van der Waals surface area contributed by atoms with Crippen LogP contribution in [0.25, 0.3) is 0 Å². The number of likely N-dealkylation sites (N-methyl/N-ethyl adjacent to an activating group) is 1. The number of hydrogen-bond acceptors (Lipinski definition) is 3. The van der Waals surface area contributed by atoms with Crippen LogP contribution >= 0.6 is 0 Å². The fourth-order valence-corrected chi connectivity index (χ4v) is 4.23. The maximum Gasteiger partial charge on any atom is 0.251 e. The zero-order chi connectivity index (χ0) is 21.3. The Hall–Kier alpha value is -2.08. The van der Waals surface area contributed by atoms with Gasteiger partial charge in [0.15, 0.2) is 5.96 Å². The topological polar surface area (TPSA) is 68.8 Å². The summed E-state index contributed by atoms with van der Waals surface area (Å²) in [5, 5.41) is 9.50. The van der Waals surface area contributed by atoms with Crippen molar-refractivity contribution in [3.05, 3.63) is 35.4 Å². The summed E-state index contributed by atoms with van der Waals surface area (Å²) in [6.45, 7) is 6.87. The molecule has 0 heterocycles. The smallest absolute Gasteiger partial charge is 0.251 e. The molecule has 1 aliphatic carbocycles. The summed E-state index contributed by atoms with van der Waals surface area (Å²) in [6.07, 6.45) is 5.85. The second kappa shape index (κ2) is 11.2. The van der Waals surface area contributed by atoms with Gasteiger partial charge in [0.05, 0.1) is 6.54 Å². The number of guanidine groups is 1. The van der Waals surface area contributed by atoms with Crippen LogP contribution in [0.4, 0.5) is 0 Å². The lowest BCUT2D eigenvalue weighted by molar-refractivity contribution is 0.0845. The summed E-state index contributed by atoms with van der Waals surface area (Å²) in [5.74, 6) is 1.57. The van der Waals surface area contributed by atoms with Crippen LogP contribution in [0, 0.1) is 5.92 Å². The molecular weight excluding hydrogens is 362 g/mol. The van der Waals surface area contributed by atoms with E-state index >= 15 is 0 Å². The summed E-state index contributed by atoms with van der Waals surface area (Å²) in [6, 6.07) is 7.79. The van der Waals surface area contributed by atoms with Gasteiger partial charge in [0.25, 0.3) is 5.91 Å². The van der Waals surface area contributed by atoms with Crippen LogP contribution in [0.15, 0.2) is 29.3 Å². The van der Waals surface area contributed by atoms with E-state index in [1.165, 1.54) is 25.7 Å². The first-order valence-electron chi connectivity index (χ1n) is 10.9. The Morgan fingerprint density at radius 1 is 1.31 bits per heavy atom. The third-order valence-electron chi connectivity index (χ3n) is 6.01. The summed E-state index contributed by atoms with van der Waals surface area (Å²) in [4.78, 5) is 19.1. The average molecular weight is 402 g/mol. The maximum absolute atomic E-state index is 11.8. The number of aliphatic imine (C=N–C) groups is 1. The number of benzene rings is 1. The quantitative estimate of drug-likeness (QED) is 0.463. The molecule has 1 saturated carbocycles. The largest absolute Gasteiger partial charge is 0.357 e. The molecule has 162 valence electrons. The van der Waals surface area contributed by atoms with Crippen molar-refractivity contribution in [1.82, 2.24) is 20.9 Å². The number of nitrogens with zero attached hydrogens (tertiary/aromatic N) is 2. The van der Waals surface area contributed by atoms with E-state index < -0.39 is 0 Å². The molecule has 2 atom stereocenters. The van der Waals surface area contributed by atoms with Gasteiger partial charge in [-0.2, -0.15) is 0 Å². The van der Waals surface area contributed by atoms with Crippen LogP contribution in [0.3, 0.4) is 0 Å². The van der Waals surface area contributed by atoms with Gasteiger partial charge in [0, 0.05) is 31.2 Å². The Balaban J connectivity index is 1.98. The van der Waals surface area contributed by atoms with Gasteiger partial charge in [0.2, 0.25) is 0 Å². The summed E-state index contributed by atoms with van der Waals surface area (Å²) >= 11 is 0. The molecule has 1 aromatic carbocycles. The van der Waals surface area contributed by atoms with Crippen LogP contribution < -0.4 is 16.0 Å². The molecule has 1 amide bonds. The molecule has 1 fully saturated rings. The minimum Gasteiger partial charge on any atom is -0.357 e. The van der Waals surface area contributed by atoms with E-state index in [1.807, 2.05) is 18.2 Å². The molecule has 3 N–H and O–H groups in total. The molecule has 0 saturated heterocycles. The molecule has 2 rings (SSSR count). The van der Waals surface area contributed by atoms with Crippen LogP contribution in [0.5, 0.6) is 0 Å². The highest BCUT2D eigenvalue weighted by atomic mass is 16.1. The highest BCUT2D eigenvalue weighted by molar-refractivity contribution is 5.94. The third-order valence-corrected chi connectivity index (χ3v) is 6.01. The van der Waals surface area contributed by atoms with E-state index in [-0.39, 0.29) is 11.4 Å². The van der Waals surface area contributed by atoms with Crippen LogP contribution in [0.2, 0.25) is 0 Å². The molecule has 29 heavy (non-hydrogen) atoms. The van der Waals surface area contributed by atoms with Crippen molar-refractivity contribution in [2.75, 3.05) is 40.8 Å². The first-order valence-corrected chi connectivity index (χ1v) is 10.9. The molecule has 0 aromatic heterocycles. The molecule has 0 spiro atoms. The van der Waals surface area contributed by atoms with E-state index in [2.05, 4.69) is 54.9 Å². The highest BCUT2D eigenvalue weighted by Crippen LogP contribution is 2.35. The van der Waals surface area contributed by atoms with Gasteiger partial charge in [-0.15, -0.1) is 0 Å². The van der Waals surface area contributed by atoms with Gasteiger partial charge in [-0.3, -0.25) is 9.79 Å². The van der Waals surface area contributed by atoms with Gasteiger partial charge < -0.3 is 20.9 Å². The van der Waals surface area contributed by atoms with Crippen molar-refractivity contribution in [2.45, 2.75) is 51.5 Å². The van der Waals surface area contributed by atoms with Crippen molar-refractivity contribution in [2.24, 2.45) is 10.9 Å². The lowest BCUT2D eigenvalue weighted by Gasteiger charge is -2.44. The Labute approximate surface area is 176 Å². The lowest BCUT2D eigenvalue weighted by atomic mass is 9.75. The Kier molecular flexibility index (Phi) is 8.96. The van der Waals surface area contributed by atoms with Crippen LogP contribution in [0.1, 0.15) is 55.5 Å². The summed E-state index contributed by atoms with van der Waals surface area (Å²) < 4.78 is 0. The van der Waals surface area contributed by atoms with Crippen molar-refractivity contribution >= 4 is 11.9 Å². The predicted molar refractivity (Wildman–Crippen MR) is 122 cm³/mol. The predicted octanol–water partition coefficient (Wildman–Crippen LogP) is 2.65. The number of carbonyl (C=O) groups excluding carboxylic acids is 1. The van der Waals surface area contributed by atoms with Gasteiger partial charge in [0.1, 0.15) is 0 Å². The second-order valence-corrected chi connectivity index (χ2v) is 8.47. The Morgan fingerprint density at radius 3 is 2.76 bits per heavy atom. The van der Waals surface area contributed by atoms with Crippen LogP contribution in [-0.4, -0.2) is 63.1 Å². The minimum absolute atomic E-state index is 0.0506. The Bertz CT molecular complexity index is 688. The van der Waals surface area contributed by atoms with Crippen molar-refractivity contribution < 1.29 is 4.79 Å². The standard InChI is InChI=1S/C23H39N5O/c1-6-25-22(27-17-23(28(4)5)13-8-9-18(2)16-23)26-14-12-19-10-7-11-20(15-19)21(29)24-3/h7,10-11,15,18H,6,8-9,12-14,16-17H2,1-5H3,(H,24,29)(H2,25,26,27). The molecule has 0 radical (unpaired) electrons. The van der Waals surface area contributed by atoms with E-state index in [9.17, 15) is 4.79 Å². The van der Waals surface area contributed by atoms with E-state index in [1.54, 1.807) is 7.05 Å². The van der Waals surface area contributed by atoms with Crippen molar-refractivity contribution in [3.63, 3.8) is 0 Å². The van der Waals surface area contributed by atoms with Crippen LogP contribution in [-0.2, 0) is 6.42 Å². The fraction of sp³-hybridized carbons (Fsp3) is 0.652. The third kappa shape index (κ3) is 6.74. The number of amides is 1. The fourth-order valence-electron chi connectivity index (χ4n) is 4.23. The monoisotopic (exact) mass is 401 g/mol. The van der Waals surface area contributed by atoms with Gasteiger partial charge in [-0.05, 0) is 63.9 Å². The average Bonchev–Trinajstić information content (AvgIpc) is 2.71. The first kappa shape index (κ1) is 23.2. The van der Waals surface area contributed by atoms with Gasteiger partial charge >= 0.3 is 0 Å².